The molecule has 0 radical (unpaired) electrons. The van der Waals surface area contributed by atoms with Gasteiger partial charge in [0.25, 0.3) is 0 Å². The Bertz CT molecular complexity index is 1030. The highest BCUT2D eigenvalue weighted by Gasteiger charge is 2.23. The van der Waals surface area contributed by atoms with E-state index < -0.39 is 0 Å². The second-order valence-corrected chi connectivity index (χ2v) is 9.52. The Balaban J connectivity index is 1.50. The van der Waals surface area contributed by atoms with Gasteiger partial charge in [-0.25, -0.2) is 0 Å². The molecule has 0 bridgehead atoms. The number of carbonyl (C=O) groups is 1. The summed E-state index contributed by atoms with van der Waals surface area (Å²) in [7, 11) is 0. The number of piperidine rings is 1. The molecule has 5 heteroatoms. The largest absolute Gasteiger partial charge is 0.508 e. The van der Waals surface area contributed by atoms with Crippen LogP contribution in [-0.4, -0.2) is 42.0 Å². The van der Waals surface area contributed by atoms with Crippen molar-refractivity contribution in [3.8, 4) is 11.5 Å². The number of fused-ring (bicyclic) bond motifs is 1. The van der Waals surface area contributed by atoms with E-state index in [0.717, 1.165) is 39.2 Å². The van der Waals surface area contributed by atoms with Gasteiger partial charge in [-0.15, -0.1) is 11.3 Å². The van der Waals surface area contributed by atoms with Gasteiger partial charge in [0.15, 0.2) is 5.78 Å². The van der Waals surface area contributed by atoms with Crippen LogP contribution in [0.3, 0.4) is 0 Å². The number of hydrogen-bond acceptors (Lipinski definition) is 5. The van der Waals surface area contributed by atoms with Crippen molar-refractivity contribution in [2.75, 3.05) is 26.2 Å². The maximum absolute atomic E-state index is 13.5. The van der Waals surface area contributed by atoms with E-state index in [1.807, 2.05) is 30.3 Å². The van der Waals surface area contributed by atoms with Gasteiger partial charge in [0.2, 0.25) is 0 Å². The lowest BCUT2D eigenvalue weighted by molar-refractivity contribution is 0.103. The molecule has 3 aromatic rings. The van der Waals surface area contributed by atoms with Gasteiger partial charge < -0.3 is 9.84 Å². The molecule has 2 heterocycles. The lowest BCUT2D eigenvalue weighted by atomic mass is 9.95. The minimum atomic E-state index is 0.0344. The van der Waals surface area contributed by atoms with Crippen LogP contribution in [0, 0.1) is 0 Å². The maximum atomic E-state index is 13.5. The molecule has 4 nitrogen and oxygen atoms in total. The zero-order valence-corrected chi connectivity index (χ0v) is 19.2. The third-order valence-electron chi connectivity index (χ3n) is 6.23. The van der Waals surface area contributed by atoms with Gasteiger partial charge in [-0.3, -0.25) is 9.69 Å². The van der Waals surface area contributed by atoms with Gasteiger partial charge in [0.05, 0.1) is 0 Å². The zero-order chi connectivity index (χ0) is 21.8. The van der Waals surface area contributed by atoms with Crippen molar-refractivity contribution in [2.45, 2.75) is 45.4 Å². The van der Waals surface area contributed by atoms with E-state index in [-0.39, 0.29) is 17.5 Å². The minimum Gasteiger partial charge on any atom is -0.508 e. The number of rotatable bonds is 8. The first kappa shape index (κ1) is 21.8. The van der Waals surface area contributed by atoms with Crippen molar-refractivity contribution in [3.63, 3.8) is 0 Å². The van der Waals surface area contributed by atoms with Gasteiger partial charge in [0.1, 0.15) is 18.1 Å². The molecule has 0 aliphatic carbocycles. The smallest absolute Gasteiger partial charge is 0.194 e. The molecule has 1 aliphatic heterocycles. The zero-order valence-electron chi connectivity index (χ0n) is 18.4. The Morgan fingerprint density at radius 2 is 1.87 bits per heavy atom. The lowest BCUT2D eigenvalue weighted by Gasteiger charge is -2.26. The van der Waals surface area contributed by atoms with Crippen molar-refractivity contribution in [1.82, 2.24) is 4.90 Å². The number of aromatic hydroxyl groups is 1. The van der Waals surface area contributed by atoms with Crippen LogP contribution in [0.5, 0.6) is 11.5 Å². The summed E-state index contributed by atoms with van der Waals surface area (Å²) in [6, 6.07) is 12.8. The number of ether oxygens (including phenoxy) is 1. The standard InChI is InChI=1S/C26H31NO3S/c1-3-18(2)26-24(22-12-9-20(28)17-23(22)31-26)25(29)19-7-10-21(11-8-19)30-16-15-27-13-5-4-6-14-27/h7-12,17-18,28H,3-6,13-16H2,1-2H3. The van der Waals surface area contributed by atoms with Gasteiger partial charge in [-0.1, -0.05) is 20.3 Å². The molecule has 1 saturated heterocycles. The van der Waals surface area contributed by atoms with E-state index in [0.29, 0.717) is 12.2 Å². The van der Waals surface area contributed by atoms with Gasteiger partial charge in [-0.2, -0.15) is 0 Å². The number of carbonyl (C=O) groups excluding carboxylic acids is 1. The molecule has 0 saturated carbocycles. The first-order valence-corrected chi connectivity index (χ1v) is 12.1. The Labute approximate surface area is 188 Å². The van der Waals surface area contributed by atoms with E-state index in [9.17, 15) is 9.90 Å². The third-order valence-corrected chi connectivity index (χ3v) is 7.61. The monoisotopic (exact) mass is 437 g/mol. The van der Waals surface area contributed by atoms with Gasteiger partial charge >= 0.3 is 0 Å². The summed E-state index contributed by atoms with van der Waals surface area (Å²) in [6.07, 6.45) is 4.87. The van der Waals surface area contributed by atoms with Crippen LogP contribution in [0.1, 0.15) is 66.2 Å². The van der Waals surface area contributed by atoms with Crippen LogP contribution < -0.4 is 4.74 Å². The molecule has 31 heavy (non-hydrogen) atoms. The predicted octanol–water partition coefficient (Wildman–Crippen LogP) is 6.22. The first-order valence-electron chi connectivity index (χ1n) is 11.3. The Morgan fingerprint density at radius 3 is 2.58 bits per heavy atom. The quantitative estimate of drug-likeness (QED) is 0.425. The van der Waals surface area contributed by atoms with E-state index in [1.165, 1.54) is 32.4 Å². The molecule has 1 unspecified atom stereocenters. The van der Waals surface area contributed by atoms with Crippen LogP contribution in [-0.2, 0) is 0 Å². The molecule has 2 aromatic carbocycles. The molecule has 1 atom stereocenters. The highest BCUT2D eigenvalue weighted by Crippen LogP contribution is 2.40. The number of thiophene rings is 1. The first-order chi connectivity index (χ1) is 15.1. The molecular weight excluding hydrogens is 406 g/mol. The van der Waals surface area contributed by atoms with Crippen LogP contribution in [0.2, 0.25) is 0 Å². The SMILES string of the molecule is CCC(C)c1sc2cc(O)ccc2c1C(=O)c1ccc(OCCN2CCCCC2)cc1. The average molecular weight is 438 g/mol. The Kier molecular flexibility index (Phi) is 6.93. The molecule has 0 spiro atoms. The van der Waals surface area contributed by atoms with Crippen molar-refractivity contribution in [1.29, 1.82) is 0 Å². The van der Waals surface area contributed by atoms with Crippen molar-refractivity contribution < 1.29 is 14.6 Å². The molecular formula is C26H31NO3S. The summed E-state index contributed by atoms with van der Waals surface area (Å²) in [4.78, 5) is 17.0. The summed E-state index contributed by atoms with van der Waals surface area (Å²) in [5.41, 5.74) is 1.44. The highest BCUT2D eigenvalue weighted by atomic mass is 32.1. The van der Waals surface area contributed by atoms with E-state index in [4.69, 9.17) is 4.74 Å². The molecule has 1 aliphatic rings. The molecule has 0 amide bonds. The number of phenolic OH excluding ortho intramolecular Hbond substituents is 1. The van der Waals surface area contributed by atoms with Crippen molar-refractivity contribution in [2.24, 2.45) is 0 Å². The third kappa shape index (κ3) is 4.94. The Hall–Kier alpha value is -2.37. The Morgan fingerprint density at radius 1 is 1.13 bits per heavy atom. The number of likely N-dealkylation sites (tertiary alicyclic amines) is 1. The van der Waals surface area contributed by atoms with Crippen LogP contribution in [0.4, 0.5) is 0 Å². The van der Waals surface area contributed by atoms with Gasteiger partial charge in [0, 0.05) is 32.6 Å². The van der Waals surface area contributed by atoms with Crippen molar-refractivity contribution in [3.05, 3.63) is 58.5 Å². The highest BCUT2D eigenvalue weighted by molar-refractivity contribution is 7.19. The van der Waals surface area contributed by atoms with Crippen molar-refractivity contribution >= 4 is 27.2 Å². The number of nitrogens with zero attached hydrogens (tertiary/aromatic N) is 1. The second kappa shape index (κ2) is 9.84. The molecule has 164 valence electrons. The predicted molar refractivity (Wildman–Crippen MR) is 128 cm³/mol. The topological polar surface area (TPSA) is 49.8 Å². The van der Waals surface area contributed by atoms with Crippen LogP contribution >= 0.6 is 11.3 Å². The second-order valence-electron chi connectivity index (χ2n) is 8.44. The fraction of sp³-hybridized carbons (Fsp3) is 0.423. The summed E-state index contributed by atoms with van der Waals surface area (Å²) < 4.78 is 6.87. The van der Waals surface area contributed by atoms with Crippen LogP contribution in [0.25, 0.3) is 10.1 Å². The molecule has 1 aromatic heterocycles. The summed E-state index contributed by atoms with van der Waals surface area (Å²) >= 11 is 1.61. The fourth-order valence-electron chi connectivity index (χ4n) is 4.19. The lowest BCUT2D eigenvalue weighted by Crippen LogP contribution is -2.33. The fourth-order valence-corrected chi connectivity index (χ4v) is 5.56. The average Bonchev–Trinajstić information content (AvgIpc) is 3.17. The number of benzene rings is 2. The van der Waals surface area contributed by atoms with E-state index in [1.54, 1.807) is 23.5 Å². The van der Waals surface area contributed by atoms with E-state index >= 15 is 0 Å². The summed E-state index contributed by atoms with van der Waals surface area (Å²) in [5.74, 6) is 1.35. The molecule has 1 N–H and O–H groups in total. The molecule has 1 fully saturated rings. The van der Waals surface area contributed by atoms with E-state index in [2.05, 4.69) is 18.7 Å². The van der Waals surface area contributed by atoms with Gasteiger partial charge in [-0.05, 0) is 80.7 Å². The normalized spacial score (nSPS) is 15.8. The number of hydrogen-bond donors (Lipinski definition) is 1. The summed E-state index contributed by atoms with van der Waals surface area (Å²) in [6.45, 7) is 8.25. The number of ketones is 1. The minimum absolute atomic E-state index is 0.0344. The maximum Gasteiger partial charge on any atom is 0.194 e. The summed E-state index contributed by atoms with van der Waals surface area (Å²) in [5, 5.41) is 10.8. The molecule has 4 rings (SSSR count). The van der Waals surface area contributed by atoms with Crippen LogP contribution in [0.15, 0.2) is 42.5 Å². The number of phenols is 1.